The summed E-state index contributed by atoms with van der Waals surface area (Å²) in [4.78, 5) is 14.0. The third-order valence-corrected chi connectivity index (χ3v) is 3.66. The van der Waals surface area contributed by atoms with Crippen molar-refractivity contribution >= 4 is 11.7 Å². The number of aromatic nitrogens is 1. The van der Waals surface area contributed by atoms with Crippen LogP contribution in [0.5, 0.6) is 0 Å². The number of carbonyl (C=O) groups excluding carboxylic acids is 1. The van der Waals surface area contributed by atoms with Crippen LogP contribution in [0.15, 0.2) is 48.8 Å². The summed E-state index contributed by atoms with van der Waals surface area (Å²) >= 11 is 0. The van der Waals surface area contributed by atoms with Crippen LogP contribution in [0.1, 0.15) is 19.3 Å². The molecule has 1 fully saturated rings. The highest BCUT2D eigenvalue weighted by atomic mass is 16.2. The lowest BCUT2D eigenvalue weighted by Crippen LogP contribution is -2.38. The Labute approximate surface area is 119 Å². The molecule has 0 radical (unpaired) electrons. The molecular formula is C16H19N3O. The maximum atomic E-state index is 12.1. The maximum absolute atomic E-state index is 12.1. The second-order valence-corrected chi connectivity index (χ2v) is 5.12. The highest BCUT2D eigenvalue weighted by molar-refractivity contribution is 5.89. The van der Waals surface area contributed by atoms with Gasteiger partial charge >= 0.3 is 6.03 Å². The number of nitrogens with one attached hydrogen (secondary N) is 1. The summed E-state index contributed by atoms with van der Waals surface area (Å²) in [6, 6.07) is 11.9. The normalized spacial score (nSPS) is 15.1. The summed E-state index contributed by atoms with van der Waals surface area (Å²) in [6.07, 6.45) is 7.46. The maximum Gasteiger partial charge on any atom is 0.321 e. The molecule has 1 saturated heterocycles. The summed E-state index contributed by atoms with van der Waals surface area (Å²) in [5, 5.41) is 2.96. The largest absolute Gasteiger partial charge is 0.325 e. The van der Waals surface area contributed by atoms with E-state index in [1.807, 2.05) is 58.3 Å². The summed E-state index contributed by atoms with van der Waals surface area (Å²) in [6.45, 7) is 1.74. The van der Waals surface area contributed by atoms with E-state index in [1.54, 1.807) is 0 Å². The van der Waals surface area contributed by atoms with Crippen molar-refractivity contribution in [3.63, 3.8) is 0 Å². The van der Waals surface area contributed by atoms with Gasteiger partial charge in [0, 0.05) is 36.9 Å². The minimum atomic E-state index is 0.0124. The van der Waals surface area contributed by atoms with E-state index in [0.717, 1.165) is 37.3 Å². The van der Waals surface area contributed by atoms with Crippen LogP contribution in [-0.4, -0.2) is 28.6 Å². The average molecular weight is 269 g/mol. The Bertz CT molecular complexity index is 554. The van der Waals surface area contributed by atoms with Crippen LogP contribution in [0.2, 0.25) is 0 Å². The van der Waals surface area contributed by atoms with Crippen molar-refractivity contribution in [2.24, 2.45) is 0 Å². The molecule has 1 aliphatic rings. The predicted molar refractivity (Wildman–Crippen MR) is 80.2 cm³/mol. The second-order valence-electron chi connectivity index (χ2n) is 5.12. The molecule has 1 N–H and O–H groups in total. The molecule has 0 saturated carbocycles. The van der Waals surface area contributed by atoms with Gasteiger partial charge in [-0.25, -0.2) is 4.79 Å². The predicted octanol–water partition coefficient (Wildman–Crippen LogP) is 3.50. The Morgan fingerprint density at radius 3 is 2.25 bits per heavy atom. The third kappa shape index (κ3) is 2.85. The van der Waals surface area contributed by atoms with Gasteiger partial charge in [0.2, 0.25) is 0 Å². The van der Waals surface area contributed by atoms with Gasteiger partial charge in [0.15, 0.2) is 0 Å². The van der Waals surface area contributed by atoms with Crippen LogP contribution in [0, 0.1) is 0 Å². The molecule has 4 nitrogen and oxygen atoms in total. The minimum Gasteiger partial charge on any atom is -0.325 e. The Kier molecular flexibility index (Phi) is 3.72. The standard InChI is InChI=1S/C16H19N3O/c20-16(19-12-2-1-3-13-19)17-14-6-8-15(9-7-14)18-10-4-5-11-18/h4-11H,1-3,12-13H2,(H,17,20). The van der Waals surface area contributed by atoms with Crippen molar-refractivity contribution in [1.29, 1.82) is 0 Å². The Morgan fingerprint density at radius 2 is 1.60 bits per heavy atom. The number of nitrogens with zero attached hydrogens (tertiary/aromatic N) is 2. The van der Waals surface area contributed by atoms with Crippen molar-refractivity contribution in [2.75, 3.05) is 18.4 Å². The molecular weight excluding hydrogens is 250 g/mol. The number of hydrogen-bond donors (Lipinski definition) is 1. The Morgan fingerprint density at radius 1 is 0.950 bits per heavy atom. The average Bonchev–Trinajstić information content (AvgIpc) is 3.03. The van der Waals surface area contributed by atoms with Crippen LogP contribution >= 0.6 is 0 Å². The smallest absolute Gasteiger partial charge is 0.321 e. The number of amides is 2. The van der Waals surface area contributed by atoms with Crippen LogP contribution in [0.25, 0.3) is 5.69 Å². The van der Waals surface area contributed by atoms with Crippen molar-refractivity contribution in [3.8, 4) is 5.69 Å². The summed E-state index contributed by atoms with van der Waals surface area (Å²) in [5.74, 6) is 0. The van der Waals surface area contributed by atoms with Crippen molar-refractivity contribution in [3.05, 3.63) is 48.8 Å². The summed E-state index contributed by atoms with van der Waals surface area (Å²) in [7, 11) is 0. The molecule has 20 heavy (non-hydrogen) atoms. The van der Waals surface area contributed by atoms with E-state index < -0.39 is 0 Å². The second kappa shape index (κ2) is 5.82. The van der Waals surface area contributed by atoms with E-state index in [2.05, 4.69) is 5.32 Å². The molecule has 2 aromatic rings. The molecule has 2 amide bonds. The van der Waals surface area contributed by atoms with Crippen LogP contribution < -0.4 is 5.32 Å². The molecule has 4 heteroatoms. The zero-order chi connectivity index (χ0) is 13.8. The molecule has 0 atom stereocenters. The third-order valence-electron chi connectivity index (χ3n) is 3.66. The zero-order valence-corrected chi connectivity index (χ0v) is 11.5. The number of benzene rings is 1. The van der Waals surface area contributed by atoms with Gasteiger partial charge < -0.3 is 14.8 Å². The molecule has 3 rings (SSSR count). The lowest BCUT2D eigenvalue weighted by Gasteiger charge is -2.26. The lowest BCUT2D eigenvalue weighted by molar-refractivity contribution is 0.200. The first-order valence-corrected chi connectivity index (χ1v) is 7.12. The van der Waals surface area contributed by atoms with Gasteiger partial charge in [-0.2, -0.15) is 0 Å². The molecule has 104 valence electrons. The lowest BCUT2D eigenvalue weighted by atomic mass is 10.1. The fourth-order valence-corrected chi connectivity index (χ4v) is 2.52. The highest BCUT2D eigenvalue weighted by Crippen LogP contribution is 2.15. The zero-order valence-electron chi connectivity index (χ0n) is 11.5. The Hall–Kier alpha value is -2.23. The molecule has 0 aliphatic carbocycles. The van der Waals surface area contributed by atoms with Gasteiger partial charge in [0.1, 0.15) is 0 Å². The van der Waals surface area contributed by atoms with Gasteiger partial charge in [-0.1, -0.05) is 0 Å². The van der Waals surface area contributed by atoms with Gasteiger partial charge in [-0.3, -0.25) is 0 Å². The van der Waals surface area contributed by atoms with E-state index in [4.69, 9.17) is 0 Å². The minimum absolute atomic E-state index is 0.0124. The quantitative estimate of drug-likeness (QED) is 0.890. The number of likely N-dealkylation sites (tertiary alicyclic amines) is 1. The number of carbonyl (C=O) groups is 1. The number of anilines is 1. The van der Waals surface area contributed by atoms with Crippen molar-refractivity contribution in [1.82, 2.24) is 9.47 Å². The summed E-state index contributed by atoms with van der Waals surface area (Å²) < 4.78 is 2.04. The van der Waals surface area contributed by atoms with Crippen LogP contribution in [0.3, 0.4) is 0 Å². The fourth-order valence-electron chi connectivity index (χ4n) is 2.52. The molecule has 2 heterocycles. The van der Waals surface area contributed by atoms with Gasteiger partial charge in [0.25, 0.3) is 0 Å². The number of piperidine rings is 1. The number of hydrogen-bond acceptors (Lipinski definition) is 1. The number of urea groups is 1. The van der Waals surface area contributed by atoms with Crippen LogP contribution in [-0.2, 0) is 0 Å². The first-order valence-electron chi connectivity index (χ1n) is 7.12. The first-order chi connectivity index (χ1) is 9.83. The van der Waals surface area contributed by atoms with E-state index in [9.17, 15) is 4.79 Å². The fraction of sp³-hybridized carbons (Fsp3) is 0.312. The Balaban J connectivity index is 1.64. The SMILES string of the molecule is O=C(Nc1ccc(-n2cccc2)cc1)N1CCCCC1. The van der Waals surface area contributed by atoms with E-state index in [0.29, 0.717) is 0 Å². The monoisotopic (exact) mass is 269 g/mol. The molecule has 1 aromatic heterocycles. The van der Waals surface area contributed by atoms with Crippen LogP contribution in [0.4, 0.5) is 10.5 Å². The van der Waals surface area contributed by atoms with E-state index in [1.165, 1.54) is 6.42 Å². The summed E-state index contributed by atoms with van der Waals surface area (Å²) in [5.41, 5.74) is 1.93. The van der Waals surface area contributed by atoms with Crippen molar-refractivity contribution < 1.29 is 4.79 Å². The molecule has 1 aromatic carbocycles. The topological polar surface area (TPSA) is 37.3 Å². The van der Waals surface area contributed by atoms with E-state index >= 15 is 0 Å². The molecule has 0 spiro atoms. The number of rotatable bonds is 2. The molecule has 1 aliphatic heterocycles. The van der Waals surface area contributed by atoms with Gasteiger partial charge in [-0.05, 0) is 55.7 Å². The van der Waals surface area contributed by atoms with Gasteiger partial charge in [-0.15, -0.1) is 0 Å². The highest BCUT2D eigenvalue weighted by Gasteiger charge is 2.16. The molecule has 0 bridgehead atoms. The molecule has 0 unspecified atom stereocenters. The van der Waals surface area contributed by atoms with Crippen molar-refractivity contribution in [2.45, 2.75) is 19.3 Å². The van der Waals surface area contributed by atoms with E-state index in [-0.39, 0.29) is 6.03 Å². The van der Waals surface area contributed by atoms with Gasteiger partial charge in [0.05, 0.1) is 0 Å². The first kappa shape index (κ1) is 12.8.